The van der Waals surface area contributed by atoms with Crippen molar-refractivity contribution in [1.82, 2.24) is 0 Å². The molecule has 0 saturated carbocycles. The van der Waals surface area contributed by atoms with Gasteiger partial charge in [0.05, 0.1) is 0 Å². The van der Waals surface area contributed by atoms with Gasteiger partial charge in [-0.25, -0.2) is 0 Å². The summed E-state index contributed by atoms with van der Waals surface area (Å²) in [7, 11) is -1.71. The van der Waals surface area contributed by atoms with Crippen molar-refractivity contribution in [3.05, 3.63) is 0 Å². The maximum absolute atomic E-state index is 9.95. The molecule has 0 aliphatic rings. The fourth-order valence-electron chi connectivity index (χ4n) is 0.0248. The zero-order valence-corrected chi connectivity index (χ0v) is 10.3. The normalized spacial score (nSPS) is 8.33. The van der Waals surface area contributed by atoms with Gasteiger partial charge in [0.2, 0.25) is 0 Å². The van der Waals surface area contributed by atoms with E-state index in [1.54, 1.807) is 0 Å². The van der Waals surface area contributed by atoms with Gasteiger partial charge in [-0.05, 0) is 0 Å². The molecular formula is H2O3PSn2+. The van der Waals surface area contributed by atoms with Gasteiger partial charge in [0.25, 0.3) is 0 Å². The second kappa shape index (κ2) is 4.77. The summed E-state index contributed by atoms with van der Waals surface area (Å²) < 4.78 is 18.6. The quantitative estimate of drug-likeness (QED) is 0.499. The molecule has 4 radical (unpaired) electrons. The number of hydrogen-bond donors (Lipinski definition) is 0. The molecule has 0 fully saturated rings. The van der Waals surface area contributed by atoms with E-state index in [9.17, 15) is 4.57 Å². The fourth-order valence-corrected chi connectivity index (χ4v) is 3.35. The van der Waals surface area contributed by atoms with Gasteiger partial charge >= 0.3 is 64.4 Å². The van der Waals surface area contributed by atoms with Gasteiger partial charge in [-0.1, -0.05) is 0 Å². The summed E-state index contributed by atoms with van der Waals surface area (Å²) in [6.07, 6.45) is 0. The third-order valence-electron chi connectivity index (χ3n) is 0.172. The van der Waals surface area contributed by atoms with Gasteiger partial charge in [-0.15, -0.1) is 0 Å². The predicted molar refractivity (Wildman–Crippen MR) is 24.1 cm³/mol. The first-order chi connectivity index (χ1) is 2.81. The van der Waals surface area contributed by atoms with Crippen molar-refractivity contribution >= 4 is 54.1 Å². The Morgan fingerprint density at radius 3 is 1.67 bits per heavy atom. The van der Waals surface area contributed by atoms with Crippen molar-refractivity contribution in [1.29, 1.82) is 0 Å². The summed E-state index contributed by atoms with van der Waals surface area (Å²) in [5.74, 6) is 0. The van der Waals surface area contributed by atoms with Crippen molar-refractivity contribution in [3.63, 3.8) is 0 Å². The molecule has 0 heterocycles. The molecule has 0 aromatic carbocycles. The molecule has 0 unspecified atom stereocenters. The fraction of sp³-hybridized carbons (Fsp3) is 0. The monoisotopic (exact) mass is 321 g/mol. The SMILES string of the molecule is O=[P+]([O][SnH])[O][SnH]. The van der Waals surface area contributed by atoms with E-state index in [0.29, 0.717) is 45.9 Å². The average molecular weight is 318 g/mol. The van der Waals surface area contributed by atoms with Crippen LogP contribution in [0.2, 0.25) is 0 Å². The van der Waals surface area contributed by atoms with Crippen LogP contribution in [0.1, 0.15) is 0 Å². The summed E-state index contributed by atoms with van der Waals surface area (Å²) in [5.41, 5.74) is 0. The van der Waals surface area contributed by atoms with Gasteiger partial charge in [0, 0.05) is 0 Å². The number of rotatable bonds is 2. The van der Waals surface area contributed by atoms with Crippen LogP contribution in [0.3, 0.4) is 0 Å². The Bertz CT molecular complexity index is 46.8. The van der Waals surface area contributed by atoms with Gasteiger partial charge in [0.1, 0.15) is 0 Å². The van der Waals surface area contributed by atoms with Crippen molar-refractivity contribution in [2.75, 3.05) is 0 Å². The standard InChI is InChI=1S/HO3P.2Sn.2H/c1-4(2)3;;;;/h(H,1,2,3);;;;/q;2*+1;;/p-1. The first-order valence-electron chi connectivity index (χ1n) is 1.02. The summed E-state index contributed by atoms with van der Waals surface area (Å²) in [5, 5.41) is 0. The van der Waals surface area contributed by atoms with Gasteiger partial charge in [-0.2, -0.15) is 0 Å². The molecule has 6 heavy (non-hydrogen) atoms. The van der Waals surface area contributed by atoms with Crippen LogP contribution in [0.4, 0.5) is 0 Å². The molecule has 0 aromatic rings. The predicted octanol–water partition coefficient (Wildman–Crippen LogP) is -0.691. The summed E-state index contributed by atoms with van der Waals surface area (Å²) >= 11 is 1.10. The van der Waals surface area contributed by atoms with Crippen LogP contribution in [0, 0.1) is 0 Å². The molecule has 0 atom stereocenters. The molecule has 0 spiro atoms. The molecule has 0 amide bonds. The van der Waals surface area contributed by atoms with Crippen molar-refractivity contribution in [2.24, 2.45) is 0 Å². The van der Waals surface area contributed by atoms with E-state index in [1.807, 2.05) is 0 Å². The second-order valence-corrected chi connectivity index (χ2v) is 4.91. The van der Waals surface area contributed by atoms with Crippen LogP contribution < -0.4 is 0 Å². The molecule has 0 aromatic heterocycles. The Balaban J connectivity index is 2.99. The third kappa shape index (κ3) is 3.80. The Hall–Kier alpha value is 1.62. The maximum atomic E-state index is 9.95. The second-order valence-electron chi connectivity index (χ2n) is 0.434. The Kier molecular flexibility index (Phi) is 6.05. The first-order valence-corrected chi connectivity index (χ1v) is 4.81. The molecule has 0 aliphatic carbocycles. The van der Waals surface area contributed by atoms with Gasteiger partial charge in [-0.3, -0.25) is 0 Å². The Morgan fingerprint density at radius 2 is 1.67 bits per heavy atom. The van der Waals surface area contributed by atoms with E-state index < -0.39 is 8.25 Å². The molecule has 0 N–H and O–H groups in total. The summed E-state index contributed by atoms with van der Waals surface area (Å²) in [6, 6.07) is 0. The van der Waals surface area contributed by atoms with Crippen molar-refractivity contribution in [3.8, 4) is 0 Å². The first kappa shape index (κ1) is 7.62. The van der Waals surface area contributed by atoms with E-state index in [2.05, 4.69) is 5.72 Å². The van der Waals surface area contributed by atoms with Gasteiger partial charge < -0.3 is 0 Å². The van der Waals surface area contributed by atoms with E-state index in [-0.39, 0.29) is 0 Å². The minimum absolute atomic E-state index is 0.549. The van der Waals surface area contributed by atoms with Crippen molar-refractivity contribution in [2.45, 2.75) is 0 Å². The third-order valence-corrected chi connectivity index (χ3v) is 3.46. The van der Waals surface area contributed by atoms with Gasteiger partial charge in [0.15, 0.2) is 0 Å². The van der Waals surface area contributed by atoms with Crippen LogP contribution in [0.5, 0.6) is 0 Å². The van der Waals surface area contributed by atoms with E-state index in [0.717, 1.165) is 0 Å². The average Bonchev–Trinajstić information content (AvgIpc) is 1.65. The Morgan fingerprint density at radius 1 is 1.33 bits per heavy atom. The van der Waals surface area contributed by atoms with E-state index >= 15 is 0 Å². The zero-order valence-electron chi connectivity index (χ0n) is 2.83. The number of hydrogen-bond acceptors (Lipinski definition) is 3. The van der Waals surface area contributed by atoms with E-state index in [4.69, 9.17) is 0 Å². The molecule has 0 rings (SSSR count). The molecule has 0 saturated heterocycles. The molecule has 32 valence electrons. The zero-order chi connectivity index (χ0) is 4.99. The minimum atomic E-state index is -1.71. The van der Waals surface area contributed by atoms with Crippen LogP contribution in [0.15, 0.2) is 0 Å². The molecule has 3 nitrogen and oxygen atoms in total. The molecule has 0 bridgehead atoms. The van der Waals surface area contributed by atoms with E-state index in [1.165, 1.54) is 0 Å². The summed E-state index contributed by atoms with van der Waals surface area (Å²) in [4.78, 5) is 0. The molecule has 6 heteroatoms. The van der Waals surface area contributed by atoms with Crippen molar-refractivity contribution < 1.29 is 10.3 Å². The molecular weight excluding hydrogens is 316 g/mol. The Labute approximate surface area is 64.0 Å². The van der Waals surface area contributed by atoms with Crippen LogP contribution in [0.25, 0.3) is 0 Å². The molecule has 0 aliphatic heterocycles. The summed E-state index contributed by atoms with van der Waals surface area (Å²) in [6.45, 7) is 0. The van der Waals surface area contributed by atoms with Crippen LogP contribution >= 0.6 is 8.25 Å². The van der Waals surface area contributed by atoms with Crippen LogP contribution in [-0.4, -0.2) is 45.9 Å². The topological polar surface area (TPSA) is 35.5 Å². The van der Waals surface area contributed by atoms with Crippen LogP contribution in [-0.2, 0) is 10.3 Å².